The normalized spacial score (nSPS) is 16.4. The Morgan fingerprint density at radius 2 is 0.641 bits per heavy atom. The molecular weight excluding hydrogens is 1000 g/mol. The van der Waals surface area contributed by atoms with Gasteiger partial charge in [-0.05, 0) is 0 Å². The van der Waals surface area contributed by atoms with Crippen LogP contribution in [0.15, 0.2) is 266 Å². The molecule has 14 rings (SSSR count). The zero-order valence-corrected chi connectivity index (χ0v) is 47.8. The van der Waals surface area contributed by atoms with Crippen molar-refractivity contribution in [2.75, 3.05) is 0 Å². The third kappa shape index (κ3) is 6.56. The van der Waals surface area contributed by atoms with Crippen LogP contribution >= 0.6 is 7.51 Å². The van der Waals surface area contributed by atoms with Gasteiger partial charge in [0, 0.05) is 0 Å². The Labute approximate surface area is 458 Å². The predicted molar refractivity (Wildman–Crippen MR) is 327 cm³/mol. The van der Waals surface area contributed by atoms with Crippen LogP contribution in [0.1, 0.15) is 69.6 Å². The van der Waals surface area contributed by atoms with Gasteiger partial charge in [0.2, 0.25) is 0 Å². The van der Waals surface area contributed by atoms with Crippen molar-refractivity contribution in [3.05, 3.63) is 310 Å². The molecule has 0 aliphatic carbocycles. The maximum atomic E-state index is 9.94. The van der Waals surface area contributed by atoms with Gasteiger partial charge in [0.1, 0.15) is 0 Å². The minimum atomic E-state index is -5.56. The molecule has 0 saturated heterocycles. The van der Waals surface area contributed by atoms with Gasteiger partial charge in [0.25, 0.3) is 0 Å². The first kappa shape index (κ1) is 48.4. The molecule has 2 bridgehead atoms. The van der Waals surface area contributed by atoms with Crippen molar-refractivity contribution in [2.24, 2.45) is 4.99 Å². The molecule has 78 heavy (non-hydrogen) atoms. The van der Waals surface area contributed by atoms with E-state index in [2.05, 4.69) is 315 Å². The number of nitrogens with zero attached hydrogens (tertiary/aromatic N) is 4. The second-order valence-electron chi connectivity index (χ2n) is 23.0. The van der Waals surface area contributed by atoms with E-state index in [0.29, 0.717) is 0 Å². The van der Waals surface area contributed by atoms with Gasteiger partial charge in [0.05, 0.1) is 0 Å². The zero-order chi connectivity index (χ0) is 53.1. The Morgan fingerprint density at radius 1 is 0.333 bits per heavy atom. The molecule has 0 spiro atoms. The molecule has 6 nitrogen and oxygen atoms in total. The van der Waals surface area contributed by atoms with Crippen molar-refractivity contribution >= 4 is 73.0 Å². The van der Waals surface area contributed by atoms with Crippen molar-refractivity contribution in [3.63, 3.8) is 0 Å². The summed E-state index contributed by atoms with van der Waals surface area (Å²) in [4.78, 5) is 5.80. The van der Waals surface area contributed by atoms with E-state index >= 15 is 0 Å². The second-order valence-corrected chi connectivity index (χ2v) is 35.4. The van der Waals surface area contributed by atoms with Crippen molar-refractivity contribution in [3.8, 4) is 0 Å². The molecule has 0 atom stereocenters. The predicted octanol–water partition coefficient (Wildman–Crippen LogP) is 10.8. The first-order valence-electron chi connectivity index (χ1n) is 27.2. The maximum absolute atomic E-state index is 9.94. The number of aromatic nitrogens is 3. The third-order valence-corrected chi connectivity index (χ3v) is 33.5. The SMILES string of the molecule is CC(C)(C)[Si](OP12(O[Si](c3ccccc3)(c3ccccc3)C(C)(C)C)n3c4ccc3C(c3ccccc3)=c3ccc(n31)=C(c1ccccc1)C1=NC(=c3ccc(n32)=C4c2ccccc2)C=C1)(c1ccccc1)c1ccccc1. The molecule has 4 aliphatic rings. The van der Waals surface area contributed by atoms with Gasteiger partial charge in [-0.2, -0.15) is 0 Å². The summed E-state index contributed by atoms with van der Waals surface area (Å²) in [5.41, 5.74) is 10.2. The summed E-state index contributed by atoms with van der Waals surface area (Å²) in [6.07, 6.45) is 4.44. The van der Waals surface area contributed by atoms with Gasteiger partial charge < -0.3 is 0 Å². The molecule has 3 aromatic heterocycles. The molecule has 9 heteroatoms. The van der Waals surface area contributed by atoms with E-state index < -0.39 is 34.2 Å². The molecule has 382 valence electrons. The molecule has 0 amide bonds. The van der Waals surface area contributed by atoms with Crippen molar-refractivity contribution in [1.29, 1.82) is 0 Å². The Hall–Kier alpha value is -7.95. The van der Waals surface area contributed by atoms with Crippen LogP contribution in [-0.4, -0.2) is 35.4 Å². The van der Waals surface area contributed by atoms with E-state index in [9.17, 15) is 8.43 Å². The molecular formula is C69H61N4O2PSi2. The molecule has 4 aliphatic heterocycles. The standard InChI is InChI=1S/C69H61N4O2PSi2/c1-68(2,3)77(53-34-20-10-21-35-53,54-36-22-11-23-37-54)74-76(75-78(69(4,5)6,55-38-24-12-25-39-55)56-40-26-13-27-41-56)71-59-44-45-61(71)66(51-30-16-8-17-31-51)63-48-49-64(73(63)76)67(52-32-18-9-19-33-52)62-47-46-60(72(62)76)65(50-28-14-7-15-29-50)58-43-42-57(59)70-58/h7-49H,1-6H3. The molecule has 0 fully saturated rings. The fourth-order valence-corrected chi connectivity index (χ4v) is 34.2. The van der Waals surface area contributed by atoms with Crippen molar-refractivity contribution in [2.45, 2.75) is 51.6 Å². The Morgan fingerprint density at radius 3 is 1.00 bits per heavy atom. The van der Waals surface area contributed by atoms with Crippen LogP contribution in [0.2, 0.25) is 10.1 Å². The van der Waals surface area contributed by atoms with E-state index in [-0.39, 0.29) is 0 Å². The molecule has 0 saturated carbocycles. The summed E-state index contributed by atoms with van der Waals surface area (Å²) in [5.74, 6) is 0. The quantitative estimate of drug-likeness (QED) is 0.0957. The first-order chi connectivity index (χ1) is 37.9. The molecule has 10 aromatic rings. The number of allylic oxidation sites excluding steroid dienone is 1. The Balaban J connectivity index is 1.37. The van der Waals surface area contributed by atoms with E-state index in [1.54, 1.807) is 0 Å². The van der Waals surface area contributed by atoms with Gasteiger partial charge in [-0.1, -0.05) is 0 Å². The molecule has 7 heterocycles. The average molecular weight is 1070 g/mol. The van der Waals surface area contributed by atoms with E-state index in [0.717, 1.165) is 98.3 Å². The molecule has 0 unspecified atom stereocenters. The fourth-order valence-electron chi connectivity index (χ4n) is 13.5. The first-order valence-corrected chi connectivity index (χ1v) is 32.9. The zero-order valence-electron chi connectivity index (χ0n) is 44.9. The fraction of sp³-hybridized carbons (Fsp3) is 0.116. The van der Waals surface area contributed by atoms with Crippen LogP contribution in [0.25, 0.3) is 22.4 Å². The number of hydrogen-bond donors (Lipinski definition) is 0. The number of benzene rings is 7. The number of fused-ring (bicyclic) bond motifs is 1. The monoisotopic (exact) mass is 1060 g/mol. The summed E-state index contributed by atoms with van der Waals surface area (Å²) in [6.45, 7) is 14.4. The number of aliphatic imine (C=N–C) groups is 1. The Kier molecular flexibility index (Phi) is 10.9. The van der Waals surface area contributed by atoms with Gasteiger partial charge in [-0.15, -0.1) is 0 Å². The molecule has 7 aromatic carbocycles. The van der Waals surface area contributed by atoms with Crippen LogP contribution in [0.5, 0.6) is 0 Å². The van der Waals surface area contributed by atoms with Crippen LogP contribution < -0.4 is 42.1 Å². The van der Waals surface area contributed by atoms with Crippen molar-refractivity contribution in [1.82, 2.24) is 13.0 Å². The second kappa shape index (κ2) is 17.5. The minimum absolute atomic E-state index is 0.532. The van der Waals surface area contributed by atoms with Crippen LogP contribution in [0.4, 0.5) is 0 Å². The summed E-state index contributed by atoms with van der Waals surface area (Å²) in [6, 6.07) is 91.6. The van der Waals surface area contributed by atoms with Crippen LogP contribution in [-0.2, 0) is 8.43 Å². The summed E-state index contributed by atoms with van der Waals surface area (Å²) < 4.78 is 27.8. The number of hydrogen-bond acceptors (Lipinski definition) is 3. The van der Waals surface area contributed by atoms with Gasteiger partial charge >= 0.3 is 461 Å². The van der Waals surface area contributed by atoms with E-state index in [1.807, 2.05) is 0 Å². The van der Waals surface area contributed by atoms with E-state index in [4.69, 9.17) is 4.99 Å². The summed E-state index contributed by atoms with van der Waals surface area (Å²) in [5, 5.41) is 7.45. The molecule has 0 N–H and O–H groups in total. The van der Waals surface area contributed by atoms with Gasteiger partial charge in [0.15, 0.2) is 0 Å². The van der Waals surface area contributed by atoms with Crippen LogP contribution in [0, 0.1) is 0 Å². The van der Waals surface area contributed by atoms with Gasteiger partial charge in [-0.3, -0.25) is 0 Å². The van der Waals surface area contributed by atoms with Gasteiger partial charge in [-0.25, -0.2) is 0 Å². The van der Waals surface area contributed by atoms with Crippen molar-refractivity contribution < 1.29 is 8.43 Å². The summed E-state index contributed by atoms with van der Waals surface area (Å²) in [7, 11) is -13.3. The Bertz CT molecular complexity index is 4150. The van der Waals surface area contributed by atoms with Crippen LogP contribution in [0.3, 0.4) is 0 Å². The number of rotatable bonds is 11. The molecule has 0 radical (unpaired) electrons. The summed E-state index contributed by atoms with van der Waals surface area (Å²) >= 11 is 0. The van der Waals surface area contributed by atoms with E-state index in [1.165, 1.54) is 0 Å². The average Bonchev–Trinajstić information content (AvgIpc) is 4.41. The third-order valence-electron chi connectivity index (χ3n) is 16.6. The topological polar surface area (TPSA) is 45.6 Å².